The molecule has 2 heteroatoms. The van der Waals surface area contributed by atoms with Crippen molar-refractivity contribution in [3.05, 3.63) is 60.2 Å². The second-order valence-corrected chi connectivity index (χ2v) is 6.94. The molecule has 0 radical (unpaired) electrons. The van der Waals surface area contributed by atoms with Crippen molar-refractivity contribution in [2.75, 3.05) is 6.61 Å². The topological polar surface area (TPSA) is 26.3 Å². The lowest BCUT2D eigenvalue weighted by Gasteiger charge is -2.06. The Balaban J connectivity index is 1.59. The van der Waals surface area contributed by atoms with Crippen LogP contribution in [0.15, 0.2) is 54.6 Å². The van der Waals surface area contributed by atoms with Crippen molar-refractivity contribution >= 4 is 5.97 Å². The molecule has 0 aliphatic heterocycles. The van der Waals surface area contributed by atoms with E-state index in [-0.39, 0.29) is 5.97 Å². The number of ether oxygens (including phenoxy) is 1. The van der Waals surface area contributed by atoms with Crippen molar-refractivity contribution in [3.8, 4) is 11.1 Å². The highest BCUT2D eigenvalue weighted by Gasteiger charge is 2.05. The fraction of sp³-hybridized carbons (Fsp3) is 0.458. The molecule has 26 heavy (non-hydrogen) atoms. The van der Waals surface area contributed by atoms with Crippen LogP contribution in [0.5, 0.6) is 0 Å². The van der Waals surface area contributed by atoms with Crippen LogP contribution >= 0.6 is 0 Å². The first-order chi connectivity index (χ1) is 12.8. The molecule has 0 bridgehead atoms. The van der Waals surface area contributed by atoms with Crippen LogP contribution in [-0.2, 0) is 16.0 Å². The first kappa shape index (κ1) is 20.2. The number of hydrogen-bond acceptors (Lipinski definition) is 2. The molecule has 2 nitrogen and oxygen atoms in total. The summed E-state index contributed by atoms with van der Waals surface area (Å²) in [5.74, 6) is -0.125. The minimum atomic E-state index is -0.125. The lowest BCUT2D eigenvalue weighted by molar-refractivity contribution is -0.142. The molecule has 0 atom stereocenters. The van der Waals surface area contributed by atoms with Crippen LogP contribution in [0.25, 0.3) is 11.1 Å². The lowest BCUT2D eigenvalue weighted by Crippen LogP contribution is -2.09. The zero-order chi connectivity index (χ0) is 18.5. The van der Waals surface area contributed by atoms with Gasteiger partial charge in [-0.3, -0.25) is 4.79 Å². The second kappa shape index (κ2) is 12.3. The maximum Gasteiger partial charge on any atom is 0.310 e. The fourth-order valence-electron chi connectivity index (χ4n) is 3.09. The summed E-state index contributed by atoms with van der Waals surface area (Å²) in [6, 6.07) is 18.4. The summed E-state index contributed by atoms with van der Waals surface area (Å²) in [5.41, 5.74) is 3.36. The van der Waals surface area contributed by atoms with E-state index in [0.717, 1.165) is 18.4 Å². The van der Waals surface area contributed by atoms with Gasteiger partial charge in [0.05, 0.1) is 13.0 Å². The van der Waals surface area contributed by atoms with Gasteiger partial charge in [-0.25, -0.2) is 0 Å². The van der Waals surface area contributed by atoms with Gasteiger partial charge < -0.3 is 4.74 Å². The van der Waals surface area contributed by atoms with Gasteiger partial charge in [0.2, 0.25) is 0 Å². The standard InChI is InChI=1S/C24H32O2/c1-2-3-4-5-6-7-8-12-19-26-24(25)20-21-15-17-23(18-16-21)22-13-10-9-11-14-22/h9-11,13-18H,2-8,12,19-20H2,1H3. The summed E-state index contributed by atoms with van der Waals surface area (Å²) in [6.45, 7) is 2.79. The van der Waals surface area contributed by atoms with E-state index in [2.05, 4.69) is 31.2 Å². The molecule has 0 unspecified atom stereocenters. The quantitative estimate of drug-likeness (QED) is 0.318. The fourth-order valence-corrected chi connectivity index (χ4v) is 3.09. The number of benzene rings is 2. The summed E-state index contributed by atoms with van der Waals surface area (Å²) in [5, 5.41) is 0. The molecule has 140 valence electrons. The van der Waals surface area contributed by atoms with Gasteiger partial charge in [-0.2, -0.15) is 0 Å². The second-order valence-electron chi connectivity index (χ2n) is 6.94. The van der Waals surface area contributed by atoms with Crippen LogP contribution in [0.4, 0.5) is 0 Å². The number of rotatable bonds is 12. The van der Waals surface area contributed by atoms with Crippen LogP contribution < -0.4 is 0 Å². The molecule has 2 rings (SSSR count). The summed E-state index contributed by atoms with van der Waals surface area (Å²) in [4.78, 5) is 12.0. The molecule has 0 heterocycles. The van der Waals surface area contributed by atoms with E-state index in [0.29, 0.717) is 13.0 Å². The van der Waals surface area contributed by atoms with Crippen molar-refractivity contribution < 1.29 is 9.53 Å². The number of hydrogen-bond donors (Lipinski definition) is 0. The normalized spacial score (nSPS) is 10.7. The Bertz CT molecular complexity index is 616. The third-order valence-corrected chi connectivity index (χ3v) is 4.67. The Labute approximate surface area is 158 Å². The van der Waals surface area contributed by atoms with Gasteiger partial charge in [-0.05, 0) is 23.1 Å². The third kappa shape index (κ3) is 7.86. The largest absolute Gasteiger partial charge is 0.465 e. The molecule has 0 aliphatic carbocycles. The molecule has 2 aromatic carbocycles. The number of esters is 1. The summed E-state index contributed by atoms with van der Waals surface area (Å²) < 4.78 is 5.37. The Kier molecular flexibility index (Phi) is 9.56. The molecular weight excluding hydrogens is 320 g/mol. The van der Waals surface area contributed by atoms with Crippen LogP contribution in [0.1, 0.15) is 63.9 Å². The molecule has 2 aromatic rings. The minimum absolute atomic E-state index is 0.125. The van der Waals surface area contributed by atoms with E-state index in [1.54, 1.807) is 0 Å². The van der Waals surface area contributed by atoms with Crippen molar-refractivity contribution in [2.24, 2.45) is 0 Å². The van der Waals surface area contributed by atoms with Gasteiger partial charge in [0, 0.05) is 0 Å². The predicted molar refractivity (Wildman–Crippen MR) is 109 cm³/mol. The minimum Gasteiger partial charge on any atom is -0.465 e. The summed E-state index contributed by atoms with van der Waals surface area (Å²) in [7, 11) is 0. The van der Waals surface area contributed by atoms with Gasteiger partial charge in [0.1, 0.15) is 0 Å². The Morgan fingerprint density at radius 2 is 1.31 bits per heavy atom. The van der Waals surface area contributed by atoms with Crippen molar-refractivity contribution in [2.45, 2.75) is 64.7 Å². The van der Waals surface area contributed by atoms with Crippen LogP contribution in [0.3, 0.4) is 0 Å². The van der Waals surface area contributed by atoms with Crippen molar-refractivity contribution in [1.29, 1.82) is 0 Å². The maximum atomic E-state index is 12.0. The average molecular weight is 353 g/mol. The molecule has 0 aromatic heterocycles. The van der Waals surface area contributed by atoms with Crippen molar-refractivity contribution in [1.82, 2.24) is 0 Å². The van der Waals surface area contributed by atoms with Gasteiger partial charge in [-0.1, -0.05) is 106 Å². The number of carbonyl (C=O) groups is 1. The third-order valence-electron chi connectivity index (χ3n) is 4.67. The monoisotopic (exact) mass is 352 g/mol. The highest BCUT2D eigenvalue weighted by Crippen LogP contribution is 2.19. The molecule has 0 N–H and O–H groups in total. The predicted octanol–water partition coefficient (Wildman–Crippen LogP) is 6.58. The molecular formula is C24H32O2. The lowest BCUT2D eigenvalue weighted by atomic mass is 10.0. The Morgan fingerprint density at radius 3 is 1.96 bits per heavy atom. The first-order valence-corrected chi connectivity index (χ1v) is 10.1. The number of unbranched alkanes of at least 4 members (excludes halogenated alkanes) is 7. The van der Waals surface area contributed by atoms with E-state index in [1.165, 1.54) is 49.7 Å². The zero-order valence-corrected chi connectivity index (χ0v) is 16.1. The van der Waals surface area contributed by atoms with Gasteiger partial charge in [-0.15, -0.1) is 0 Å². The Morgan fingerprint density at radius 1 is 0.731 bits per heavy atom. The first-order valence-electron chi connectivity index (χ1n) is 10.1. The maximum absolute atomic E-state index is 12.0. The molecule has 0 spiro atoms. The summed E-state index contributed by atoms with van der Waals surface area (Å²) in [6.07, 6.45) is 10.4. The van der Waals surface area contributed by atoms with Crippen LogP contribution in [0.2, 0.25) is 0 Å². The summed E-state index contributed by atoms with van der Waals surface area (Å²) >= 11 is 0. The Hall–Kier alpha value is -2.09. The molecule has 0 saturated heterocycles. The van der Waals surface area contributed by atoms with E-state index >= 15 is 0 Å². The van der Waals surface area contributed by atoms with E-state index in [9.17, 15) is 4.79 Å². The smallest absolute Gasteiger partial charge is 0.310 e. The van der Waals surface area contributed by atoms with Crippen molar-refractivity contribution in [3.63, 3.8) is 0 Å². The zero-order valence-electron chi connectivity index (χ0n) is 16.1. The van der Waals surface area contributed by atoms with E-state index < -0.39 is 0 Å². The van der Waals surface area contributed by atoms with Gasteiger partial charge in [0.25, 0.3) is 0 Å². The molecule has 0 aliphatic rings. The van der Waals surface area contributed by atoms with E-state index in [4.69, 9.17) is 4.74 Å². The number of carbonyl (C=O) groups excluding carboxylic acids is 1. The molecule has 0 fully saturated rings. The van der Waals surface area contributed by atoms with Gasteiger partial charge in [0.15, 0.2) is 0 Å². The van der Waals surface area contributed by atoms with Gasteiger partial charge >= 0.3 is 5.97 Å². The van der Waals surface area contributed by atoms with Crippen LogP contribution in [-0.4, -0.2) is 12.6 Å². The SMILES string of the molecule is CCCCCCCCCCOC(=O)Cc1ccc(-c2ccccc2)cc1. The van der Waals surface area contributed by atoms with Crippen LogP contribution in [0, 0.1) is 0 Å². The highest BCUT2D eigenvalue weighted by molar-refractivity contribution is 5.73. The highest BCUT2D eigenvalue weighted by atomic mass is 16.5. The molecule has 0 amide bonds. The average Bonchev–Trinajstić information content (AvgIpc) is 2.68. The van der Waals surface area contributed by atoms with E-state index in [1.807, 2.05) is 30.3 Å². The molecule has 0 saturated carbocycles.